The number of aromatic hydroxyl groups is 1. The molecule has 0 saturated carbocycles. The molecule has 0 bridgehead atoms. The molecular formula is C22H28N4O3S. The SMILES string of the molecule is CCOC(=O)[C@@H]1CCCN([C@@H](c2ccc(C)cc2)c2sc3nc(CC)nn3c2O)C1. The highest BCUT2D eigenvalue weighted by atomic mass is 32.1. The number of esters is 1. The van der Waals surface area contributed by atoms with Gasteiger partial charge < -0.3 is 9.84 Å². The number of carbonyl (C=O) groups is 1. The van der Waals surface area contributed by atoms with Crippen LogP contribution in [-0.4, -0.2) is 50.3 Å². The second kappa shape index (κ2) is 8.73. The zero-order valence-corrected chi connectivity index (χ0v) is 18.5. The normalized spacial score (nSPS) is 18.6. The fourth-order valence-electron chi connectivity index (χ4n) is 4.09. The molecule has 30 heavy (non-hydrogen) atoms. The molecule has 160 valence electrons. The number of carbonyl (C=O) groups excluding carboxylic acids is 1. The van der Waals surface area contributed by atoms with Crippen LogP contribution in [0.5, 0.6) is 5.88 Å². The van der Waals surface area contributed by atoms with Gasteiger partial charge in [0.05, 0.1) is 23.4 Å². The molecule has 4 rings (SSSR count). The van der Waals surface area contributed by atoms with Crippen LogP contribution in [0.4, 0.5) is 0 Å². The van der Waals surface area contributed by atoms with Crippen LogP contribution >= 0.6 is 11.3 Å². The summed E-state index contributed by atoms with van der Waals surface area (Å²) in [5.74, 6) is 0.563. The zero-order valence-electron chi connectivity index (χ0n) is 17.7. The first-order valence-electron chi connectivity index (χ1n) is 10.6. The van der Waals surface area contributed by atoms with Gasteiger partial charge in [-0.15, -0.1) is 5.10 Å². The third-order valence-corrected chi connectivity index (χ3v) is 6.71. The summed E-state index contributed by atoms with van der Waals surface area (Å²) in [6.07, 6.45) is 2.46. The molecule has 1 saturated heterocycles. The summed E-state index contributed by atoms with van der Waals surface area (Å²) in [5.41, 5.74) is 2.26. The molecule has 1 aliphatic heterocycles. The van der Waals surface area contributed by atoms with Crippen molar-refractivity contribution in [1.82, 2.24) is 19.5 Å². The number of likely N-dealkylation sites (tertiary alicyclic amines) is 1. The van der Waals surface area contributed by atoms with Crippen molar-refractivity contribution < 1.29 is 14.6 Å². The van der Waals surface area contributed by atoms with E-state index in [9.17, 15) is 9.90 Å². The first kappa shape index (κ1) is 20.8. The molecule has 0 aliphatic carbocycles. The van der Waals surface area contributed by atoms with E-state index in [-0.39, 0.29) is 23.8 Å². The maximum absolute atomic E-state index is 12.4. The maximum atomic E-state index is 12.4. The zero-order chi connectivity index (χ0) is 21.3. The lowest BCUT2D eigenvalue weighted by Gasteiger charge is -2.37. The third-order valence-electron chi connectivity index (χ3n) is 5.64. The second-order valence-electron chi connectivity index (χ2n) is 7.77. The number of nitrogens with zero attached hydrogens (tertiary/aromatic N) is 4. The molecule has 3 aromatic rings. The highest BCUT2D eigenvalue weighted by Gasteiger charge is 2.35. The molecule has 0 spiro atoms. The van der Waals surface area contributed by atoms with Crippen molar-refractivity contribution in [3.8, 4) is 5.88 Å². The van der Waals surface area contributed by atoms with Crippen LogP contribution in [0.1, 0.15) is 54.6 Å². The molecule has 1 N–H and O–H groups in total. The van der Waals surface area contributed by atoms with Crippen LogP contribution in [0.15, 0.2) is 24.3 Å². The van der Waals surface area contributed by atoms with E-state index in [1.54, 1.807) is 0 Å². The van der Waals surface area contributed by atoms with Gasteiger partial charge in [0.2, 0.25) is 10.8 Å². The van der Waals surface area contributed by atoms with Gasteiger partial charge in [0.1, 0.15) is 0 Å². The number of ether oxygens (including phenoxy) is 1. The van der Waals surface area contributed by atoms with Gasteiger partial charge in [-0.3, -0.25) is 9.69 Å². The highest BCUT2D eigenvalue weighted by molar-refractivity contribution is 7.17. The van der Waals surface area contributed by atoms with Crippen molar-refractivity contribution in [2.75, 3.05) is 19.7 Å². The van der Waals surface area contributed by atoms with Crippen LogP contribution in [0.3, 0.4) is 0 Å². The molecule has 7 nitrogen and oxygen atoms in total. The number of hydrogen-bond donors (Lipinski definition) is 1. The first-order chi connectivity index (χ1) is 14.5. The van der Waals surface area contributed by atoms with Crippen molar-refractivity contribution in [1.29, 1.82) is 0 Å². The van der Waals surface area contributed by atoms with Crippen LogP contribution < -0.4 is 0 Å². The Morgan fingerprint density at radius 2 is 2.10 bits per heavy atom. The number of aryl methyl sites for hydroxylation is 2. The van der Waals surface area contributed by atoms with E-state index < -0.39 is 0 Å². The van der Waals surface area contributed by atoms with E-state index in [0.717, 1.165) is 42.1 Å². The Hall–Kier alpha value is -2.45. The van der Waals surface area contributed by atoms with E-state index in [1.807, 2.05) is 13.8 Å². The summed E-state index contributed by atoms with van der Waals surface area (Å²) in [5, 5.41) is 15.5. The molecule has 0 amide bonds. The monoisotopic (exact) mass is 428 g/mol. The van der Waals surface area contributed by atoms with Crippen LogP contribution in [0.25, 0.3) is 4.96 Å². The number of thiazole rings is 1. The quantitative estimate of drug-likeness (QED) is 0.603. The van der Waals surface area contributed by atoms with E-state index >= 15 is 0 Å². The Labute approximate surface area is 180 Å². The summed E-state index contributed by atoms with van der Waals surface area (Å²) in [4.78, 5) is 20.7. The molecule has 0 unspecified atom stereocenters. The number of piperidine rings is 1. The Morgan fingerprint density at radius 1 is 1.33 bits per heavy atom. The van der Waals surface area contributed by atoms with Gasteiger partial charge in [-0.25, -0.2) is 4.98 Å². The van der Waals surface area contributed by atoms with Gasteiger partial charge in [-0.05, 0) is 38.8 Å². The summed E-state index contributed by atoms with van der Waals surface area (Å²) >= 11 is 1.46. The van der Waals surface area contributed by atoms with Crippen LogP contribution in [0.2, 0.25) is 0 Å². The fourth-order valence-corrected chi connectivity index (χ4v) is 5.22. The van der Waals surface area contributed by atoms with Crippen LogP contribution in [-0.2, 0) is 16.0 Å². The predicted octanol–water partition coefficient (Wildman–Crippen LogP) is 3.73. The molecular weight excluding hydrogens is 400 g/mol. The molecule has 2 aromatic heterocycles. The second-order valence-corrected chi connectivity index (χ2v) is 8.77. The standard InChI is InChI=1S/C22H28N4O3S/c1-4-17-23-22-26(24-17)20(27)19(30-22)18(15-10-8-14(3)9-11-15)25-12-6-7-16(13-25)21(28)29-5-2/h8-11,16,18,27H,4-7,12-13H2,1-3H3/t16-,18+/m1/s1. The average molecular weight is 429 g/mol. The highest BCUT2D eigenvalue weighted by Crippen LogP contribution is 2.41. The minimum atomic E-state index is -0.165. The topological polar surface area (TPSA) is 80.0 Å². The number of rotatable bonds is 6. The third kappa shape index (κ3) is 3.94. The molecule has 0 radical (unpaired) electrons. The Balaban J connectivity index is 1.73. The van der Waals surface area contributed by atoms with Crippen molar-refractivity contribution >= 4 is 22.3 Å². The summed E-state index contributed by atoms with van der Waals surface area (Å²) in [7, 11) is 0. The average Bonchev–Trinajstić information content (AvgIpc) is 3.29. The molecule has 8 heteroatoms. The molecule has 3 heterocycles. The number of hydrogen-bond acceptors (Lipinski definition) is 7. The Bertz CT molecular complexity index is 1030. The van der Waals surface area contributed by atoms with Gasteiger partial charge in [0, 0.05) is 13.0 Å². The molecule has 2 atom stereocenters. The van der Waals surface area contributed by atoms with Crippen molar-refractivity contribution in [2.24, 2.45) is 5.92 Å². The summed E-state index contributed by atoms with van der Waals surface area (Å²) < 4.78 is 6.82. The molecule has 1 aromatic carbocycles. The fraction of sp³-hybridized carbons (Fsp3) is 0.500. The van der Waals surface area contributed by atoms with Crippen molar-refractivity contribution in [2.45, 2.75) is 46.1 Å². The van der Waals surface area contributed by atoms with Gasteiger partial charge in [0.25, 0.3) is 0 Å². The lowest BCUT2D eigenvalue weighted by molar-refractivity contribution is -0.150. The van der Waals surface area contributed by atoms with Gasteiger partial charge >= 0.3 is 5.97 Å². The Morgan fingerprint density at radius 3 is 2.77 bits per heavy atom. The van der Waals surface area contributed by atoms with E-state index in [4.69, 9.17) is 4.74 Å². The predicted molar refractivity (Wildman–Crippen MR) is 116 cm³/mol. The largest absolute Gasteiger partial charge is 0.492 e. The first-order valence-corrected chi connectivity index (χ1v) is 11.4. The van der Waals surface area contributed by atoms with Crippen molar-refractivity contribution in [3.63, 3.8) is 0 Å². The summed E-state index contributed by atoms with van der Waals surface area (Å²) in [6, 6.07) is 8.19. The van der Waals surface area contributed by atoms with Crippen molar-refractivity contribution in [3.05, 3.63) is 46.1 Å². The Kier molecular flexibility index (Phi) is 6.06. The number of aromatic nitrogens is 3. The van der Waals surface area contributed by atoms with Gasteiger partial charge in [-0.1, -0.05) is 48.1 Å². The lowest BCUT2D eigenvalue weighted by atomic mass is 9.94. The number of benzene rings is 1. The summed E-state index contributed by atoms with van der Waals surface area (Å²) in [6.45, 7) is 7.74. The van der Waals surface area contributed by atoms with Gasteiger partial charge in [0.15, 0.2) is 5.82 Å². The minimum absolute atomic E-state index is 0.131. The van der Waals surface area contributed by atoms with E-state index in [1.165, 1.54) is 21.4 Å². The van der Waals surface area contributed by atoms with Gasteiger partial charge in [-0.2, -0.15) is 4.52 Å². The molecule has 1 aliphatic rings. The minimum Gasteiger partial charge on any atom is -0.492 e. The van der Waals surface area contributed by atoms with E-state index in [2.05, 4.69) is 46.2 Å². The van der Waals surface area contributed by atoms with E-state index in [0.29, 0.717) is 18.1 Å². The number of fused-ring (bicyclic) bond motifs is 1. The lowest BCUT2D eigenvalue weighted by Crippen LogP contribution is -2.41. The molecule has 1 fully saturated rings. The smallest absolute Gasteiger partial charge is 0.310 e. The van der Waals surface area contributed by atoms with Crippen LogP contribution in [0, 0.1) is 12.8 Å². The maximum Gasteiger partial charge on any atom is 0.310 e.